The van der Waals surface area contributed by atoms with Gasteiger partial charge in [0, 0.05) is 0 Å². The quantitative estimate of drug-likeness (QED) is 0.910. The summed E-state index contributed by atoms with van der Waals surface area (Å²) in [6.07, 6.45) is 0.427. The van der Waals surface area contributed by atoms with Gasteiger partial charge in [0.1, 0.15) is 6.10 Å². The monoisotopic (exact) mass is 254 g/mol. The average Bonchev–Trinajstić information content (AvgIpc) is 2.94. The lowest BCUT2D eigenvalue weighted by atomic mass is 9.96. The molecule has 0 saturated carbocycles. The van der Waals surface area contributed by atoms with Crippen molar-refractivity contribution in [3.8, 4) is 0 Å². The van der Waals surface area contributed by atoms with Gasteiger partial charge in [0.2, 0.25) is 0 Å². The Kier molecular flexibility index (Phi) is 3.36. The molecule has 1 atom stereocenters. The minimum atomic E-state index is -0.558. The van der Waals surface area contributed by atoms with Crippen LogP contribution in [-0.2, 0) is 24.4 Å². The van der Waals surface area contributed by atoms with Crippen LogP contribution in [0.4, 0.5) is 0 Å². The van der Waals surface area contributed by atoms with Crippen LogP contribution in [-0.4, -0.2) is 5.11 Å². The van der Waals surface area contributed by atoms with Crippen molar-refractivity contribution in [2.45, 2.75) is 32.7 Å². The maximum Gasteiger partial charge on any atom is 0.104 e. The van der Waals surface area contributed by atoms with Gasteiger partial charge in [-0.2, -0.15) is 0 Å². The fraction of sp³-hybridized carbons (Fsp3) is 0.294. The third-order valence-corrected chi connectivity index (χ3v) is 3.74. The van der Waals surface area contributed by atoms with Gasteiger partial charge in [-0.05, 0) is 34.2 Å². The van der Waals surface area contributed by atoms with Crippen LogP contribution < -0.4 is 0 Å². The van der Waals surface area contributed by atoms with Gasteiger partial charge >= 0.3 is 0 Å². The Hall–Kier alpha value is -1.64. The number of aryl methyl sites for hydroxylation is 1. The van der Waals surface area contributed by atoms with Gasteiger partial charge in [0.15, 0.2) is 0 Å². The highest BCUT2D eigenvalue weighted by molar-refractivity contribution is 5.38. The van der Waals surface area contributed by atoms with E-state index in [1.54, 1.807) is 0 Å². The summed E-state index contributed by atoms with van der Waals surface area (Å²) < 4.78 is 5.41. The second-order valence-corrected chi connectivity index (χ2v) is 5.02. The molecular formula is C17H18O2. The molecule has 0 saturated heterocycles. The van der Waals surface area contributed by atoms with E-state index in [2.05, 4.69) is 31.2 Å². The largest absolute Gasteiger partial charge is 0.384 e. The molecule has 2 heteroatoms. The molecule has 0 radical (unpaired) electrons. The van der Waals surface area contributed by atoms with Crippen molar-refractivity contribution in [3.05, 3.63) is 70.3 Å². The Balaban J connectivity index is 1.92. The molecule has 0 aromatic heterocycles. The molecule has 2 nitrogen and oxygen atoms in total. The van der Waals surface area contributed by atoms with E-state index in [9.17, 15) is 5.11 Å². The molecule has 19 heavy (non-hydrogen) atoms. The second-order valence-electron chi connectivity index (χ2n) is 5.02. The van der Waals surface area contributed by atoms with Crippen LogP contribution in [0.15, 0.2) is 42.5 Å². The molecule has 1 aliphatic heterocycles. The van der Waals surface area contributed by atoms with Gasteiger partial charge in [0.05, 0.1) is 13.2 Å². The predicted octanol–water partition coefficient (Wildman–Crippen LogP) is 3.36. The number of benzene rings is 2. The van der Waals surface area contributed by atoms with E-state index in [0.717, 1.165) is 17.5 Å². The Morgan fingerprint density at radius 2 is 1.84 bits per heavy atom. The van der Waals surface area contributed by atoms with Crippen molar-refractivity contribution >= 4 is 0 Å². The number of ether oxygens (including phenoxy) is 1. The third kappa shape index (κ3) is 2.42. The maximum atomic E-state index is 10.5. The molecule has 2 aromatic carbocycles. The number of fused-ring (bicyclic) bond motifs is 1. The van der Waals surface area contributed by atoms with E-state index in [1.165, 1.54) is 16.7 Å². The number of aliphatic hydroxyl groups is 1. The van der Waals surface area contributed by atoms with E-state index >= 15 is 0 Å². The smallest absolute Gasteiger partial charge is 0.104 e. The van der Waals surface area contributed by atoms with Crippen LogP contribution >= 0.6 is 0 Å². The van der Waals surface area contributed by atoms with Crippen LogP contribution in [0.5, 0.6) is 0 Å². The van der Waals surface area contributed by atoms with Gasteiger partial charge in [-0.25, -0.2) is 0 Å². The molecular weight excluding hydrogens is 236 g/mol. The summed E-state index contributed by atoms with van der Waals surface area (Å²) in [6.45, 7) is 3.47. The van der Waals surface area contributed by atoms with Crippen molar-refractivity contribution in [2.24, 2.45) is 0 Å². The summed E-state index contributed by atoms with van der Waals surface area (Å²) in [4.78, 5) is 0. The summed E-state index contributed by atoms with van der Waals surface area (Å²) in [6, 6.07) is 14.3. The molecule has 0 aliphatic carbocycles. The molecule has 98 valence electrons. The zero-order valence-electron chi connectivity index (χ0n) is 11.1. The Morgan fingerprint density at radius 1 is 1.05 bits per heavy atom. The third-order valence-electron chi connectivity index (χ3n) is 3.74. The number of hydrogen-bond donors (Lipinski definition) is 1. The van der Waals surface area contributed by atoms with Crippen molar-refractivity contribution in [2.75, 3.05) is 0 Å². The summed E-state index contributed by atoms with van der Waals surface area (Å²) in [5.74, 6) is 0. The van der Waals surface area contributed by atoms with Crippen LogP contribution in [0.25, 0.3) is 0 Å². The molecule has 0 fully saturated rings. The van der Waals surface area contributed by atoms with Crippen LogP contribution in [0, 0.1) is 0 Å². The van der Waals surface area contributed by atoms with Gasteiger partial charge in [-0.15, -0.1) is 0 Å². The van der Waals surface area contributed by atoms with E-state index in [-0.39, 0.29) is 0 Å². The molecule has 0 bridgehead atoms. The van der Waals surface area contributed by atoms with Crippen molar-refractivity contribution in [1.82, 2.24) is 0 Å². The first-order chi connectivity index (χ1) is 9.28. The summed E-state index contributed by atoms with van der Waals surface area (Å²) in [5, 5.41) is 10.5. The molecule has 0 spiro atoms. The lowest BCUT2D eigenvalue weighted by Crippen LogP contribution is -2.01. The van der Waals surface area contributed by atoms with Crippen LogP contribution in [0.2, 0.25) is 0 Å². The van der Waals surface area contributed by atoms with Crippen molar-refractivity contribution in [1.29, 1.82) is 0 Å². The highest BCUT2D eigenvalue weighted by Crippen LogP contribution is 2.27. The minimum absolute atomic E-state index is 0.558. The molecule has 1 N–H and O–H groups in total. The fourth-order valence-corrected chi connectivity index (χ4v) is 2.54. The molecule has 1 aliphatic rings. The van der Waals surface area contributed by atoms with Gasteiger partial charge in [-0.1, -0.05) is 49.4 Å². The van der Waals surface area contributed by atoms with Crippen molar-refractivity contribution in [3.63, 3.8) is 0 Å². The highest BCUT2D eigenvalue weighted by Gasteiger charge is 2.16. The minimum Gasteiger partial charge on any atom is -0.384 e. The number of hydrogen-bond acceptors (Lipinski definition) is 2. The first kappa shape index (κ1) is 12.4. The lowest BCUT2D eigenvalue weighted by Gasteiger charge is -2.13. The number of aliphatic hydroxyl groups excluding tert-OH is 1. The number of rotatable bonds is 3. The average molecular weight is 254 g/mol. The standard InChI is InChI=1S/C17H18O2/c1-2-12-4-3-5-13(8-12)17(18)14-6-7-15-10-19-11-16(15)9-14/h3-9,17-18H,2,10-11H2,1H3. The van der Waals surface area contributed by atoms with E-state index < -0.39 is 6.10 Å². The molecule has 2 aromatic rings. The van der Waals surface area contributed by atoms with Gasteiger partial charge in [-0.3, -0.25) is 0 Å². The maximum absolute atomic E-state index is 10.5. The molecule has 3 rings (SSSR count). The van der Waals surface area contributed by atoms with E-state index in [4.69, 9.17) is 4.74 Å². The summed E-state index contributed by atoms with van der Waals surface area (Å²) in [5.41, 5.74) is 5.58. The first-order valence-electron chi connectivity index (χ1n) is 6.74. The molecule has 1 unspecified atom stereocenters. The van der Waals surface area contributed by atoms with Gasteiger partial charge in [0.25, 0.3) is 0 Å². The Labute approximate surface area is 113 Å². The Morgan fingerprint density at radius 3 is 2.68 bits per heavy atom. The van der Waals surface area contributed by atoms with Crippen LogP contribution in [0.1, 0.15) is 40.8 Å². The molecule has 1 heterocycles. The molecule has 0 amide bonds. The SMILES string of the molecule is CCc1cccc(C(O)c2ccc3c(c2)COC3)c1. The van der Waals surface area contributed by atoms with E-state index in [1.807, 2.05) is 18.2 Å². The Bertz CT molecular complexity index is 590. The topological polar surface area (TPSA) is 29.5 Å². The van der Waals surface area contributed by atoms with Crippen molar-refractivity contribution < 1.29 is 9.84 Å². The van der Waals surface area contributed by atoms with Crippen LogP contribution in [0.3, 0.4) is 0 Å². The zero-order chi connectivity index (χ0) is 13.2. The zero-order valence-corrected chi connectivity index (χ0v) is 11.1. The second kappa shape index (κ2) is 5.16. The first-order valence-corrected chi connectivity index (χ1v) is 6.74. The highest BCUT2D eigenvalue weighted by atomic mass is 16.5. The normalized spacial score (nSPS) is 15.3. The lowest BCUT2D eigenvalue weighted by molar-refractivity contribution is 0.134. The summed E-state index contributed by atoms with van der Waals surface area (Å²) in [7, 11) is 0. The fourth-order valence-electron chi connectivity index (χ4n) is 2.54. The summed E-state index contributed by atoms with van der Waals surface area (Å²) >= 11 is 0. The predicted molar refractivity (Wildman–Crippen MR) is 74.8 cm³/mol. The van der Waals surface area contributed by atoms with Gasteiger partial charge < -0.3 is 9.84 Å². The van der Waals surface area contributed by atoms with E-state index in [0.29, 0.717) is 13.2 Å².